The molecule has 3 N–H and O–H groups in total. The van der Waals surface area contributed by atoms with Crippen LogP contribution in [0.15, 0.2) is 28.8 Å². The Bertz CT molecular complexity index is 1220. The van der Waals surface area contributed by atoms with Crippen molar-refractivity contribution in [2.45, 2.75) is 71.3 Å². The van der Waals surface area contributed by atoms with E-state index in [0.717, 1.165) is 33.6 Å². The predicted molar refractivity (Wildman–Crippen MR) is 139 cm³/mol. The summed E-state index contributed by atoms with van der Waals surface area (Å²) in [4.78, 5) is 20.7. The molecule has 1 atom stereocenters. The third kappa shape index (κ3) is 6.72. The van der Waals surface area contributed by atoms with Crippen LogP contribution < -0.4 is 10.1 Å². The van der Waals surface area contributed by atoms with Crippen LogP contribution in [0, 0.1) is 13.8 Å². The van der Waals surface area contributed by atoms with Crippen LogP contribution in [0.4, 0.5) is 0 Å². The first-order valence-electron chi connectivity index (χ1n) is 13.0. The van der Waals surface area contributed by atoms with Crippen molar-refractivity contribution in [3.8, 4) is 28.6 Å². The number of rotatable bonds is 10. The van der Waals surface area contributed by atoms with Crippen molar-refractivity contribution < 1.29 is 24.3 Å². The van der Waals surface area contributed by atoms with Gasteiger partial charge in [-0.3, -0.25) is 9.78 Å². The highest BCUT2D eigenvalue weighted by Gasteiger charge is 2.20. The largest absolute Gasteiger partial charge is 0.490 e. The Morgan fingerprint density at radius 3 is 2.65 bits per heavy atom. The molecular weight excluding hydrogens is 472 g/mol. The van der Waals surface area contributed by atoms with Crippen LogP contribution in [0.2, 0.25) is 0 Å². The number of aliphatic hydroxyl groups excluding tert-OH is 2. The molecule has 1 aromatic carbocycles. The summed E-state index contributed by atoms with van der Waals surface area (Å²) in [5, 5.41) is 25.6. The molecule has 2 heterocycles. The number of carbonyl (C=O) groups is 1. The van der Waals surface area contributed by atoms with Crippen LogP contribution in [0.1, 0.15) is 67.5 Å². The minimum Gasteiger partial charge on any atom is -0.490 e. The lowest BCUT2D eigenvalue weighted by atomic mass is 9.86. The highest BCUT2D eigenvalue weighted by molar-refractivity contribution is 5.76. The van der Waals surface area contributed by atoms with E-state index in [4.69, 9.17) is 24.3 Å². The number of ether oxygens (including phenoxy) is 1. The fraction of sp³-hybridized carbons (Fsp3) is 0.500. The summed E-state index contributed by atoms with van der Waals surface area (Å²) in [6.45, 7) is 5.35. The second-order valence-corrected chi connectivity index (χ2v) is 9.74. The van der Waals surface area contributed by atoms with E-state index >= 15 is 0 Å². The molecular formula is C28H36N4O5. The van der Waals surface area contributed by atoms with Crippen LogP contribution in [-0.4, -0.2) is 57.1 Å². The third-order valence-electron chi connectivity index (χ3n) is 6.76. The number of nitrogens with zero attached hydrogens (tertiary/aromatic N) is 3. The van der Waals surface area contributed by atoms with Gasteiger partial charge in [-0.15, -0.1) is 0 Å². The van der Waals surface area contributed by atoms with Crippen LogP contribution in [0.3, 0.4) is 0 Å². The smallest absolute Gasteiger partial charge is 0.258 e. The number of aliphatic hydroxyl groups is 2. The SMILES string of the molecule is CCc1cc(-c2noc(-c3cc(C)nc(C4CCCCC4)c3)n2)cc(C)c1OC[C@@H](O)CNC(=O)CO. The van der Waals surface area contributed by atoms with Gasteiger partial charge in [0.15, 0.2) is 0 Å². The number of amides is 1. The average molecular weight is 509 g/mol. The van der Waals surface area contributed by atoms with E-state index in [1.54, 1.807) is 0 Å². The Kier molecular flexibility index (Phi) is 8.89. The summed E-state index contributed by atoms with van der Waals surface area (Å²) in [6.07, 6.45) is 5.95. The lowest BCUT2D eigenvalue weighted by molar-refractivity contribution is -0.124. The van der Waals surface area contributed by atoms with E-state index in [2.05, 4.69) is 16.5 Å². The molecule has 1 aliphatic rings. The first-order valence-corrected chi connectivity index (χ1v) is 13.0. The number of nitrogens with one attached hydrogen (secondary N) is 1. The normalized spacial score (nSPS) is 14.9. The first kappa shape index (κ1) is 26.8. The summed E-state index contributed by atoms with van der Waals surface area (Å²) in [6, 6.07) is 7.99. The molecule has 9 nitrogen and oxygen atoms in total. The number of aromatic nitrogens is 3. The van der Waals surface area contributed by atoms with E-state index in [9.17, 15) is 9.90 Å². The van der Waals surface area contributed by atoms with E-state index in [1.807, 2.05) is 39.0 Å². The summed E-state index contributed by atoms with van der Waals surface area (Å²) < 4.78 is 11.6. The zero-order chi connectivity index (χ0) is 26.4. The predicted octanol–water partition coefficient (Wildman–Crippen LogP) is 3.87. The Hall–Kier alpha value is -3.30. The van der Waals surface area contributed by atoms with Crippen molar-refractivity contribution in [3.05, 3.63) is 46.8 Å². The molecule has 0 saturated heterocycles. The Balaban J connectivity index is 1.51. The van der Waals surface area contributed by atoms with Crippen molar-refractivity contribution >= 4 is 5.91 Å². The molecule has 1 aliphatic carbocycles. The molecule has 0 unspecified atom stereocenters. The van der Waals surface area contributed by atoms with Gasteiger partial charge in [0.05, 0.1) is 0 Å². The van der Waals surface area contributed by atoms with Gasteiger partial charge < -0.3 is 24.8 Å². The molecule has 4 rings (SSSR count). The van der Waals surface area contributed by atoms with Gasteiger partial charge in [-0.25, -0.2) is 0 Å². The minimum atomic E-state index is -0.902. The van der Waals surface area contributed by atoms with Gasteiger partial charge in [-0.2, -0.15) is 4.98 Å². The second kappa shape index (κ2) is 12.3. The maximum Gasteiger partial charge on any atom is 0.258 e. The molecule has 3 aromatic rings. The van der Waals surface area contributed by atoms with Crippen molar-refractivity contribution in [1.82, 2.24) is 20.4 Å². The van der Waals surface area contributed by atoms with Crippen LogP contribution >= 0.6 is 0 Å². The van der Waals surface area contributed by atoms with Crippen molar-refractivity contribution in [2.75, 3.05) is 19.8 Å². The van der Waals surface area contributed by atoms with Gasteiger partial charge in [-0.05, 0) is 68.5 Å². The second-order valence-electron chi connectivity index (χ2n) is 9.74. The van der Waals surface area contributed by atoms with Crippen LogP contribution in [-0.2, 0) is 11.2 Å². The quantitative estimate of drug-likeness (QED) is 0.376. The molecule has 37 heavy (non-hydrogen) atoms. The topological polar surface area (TPSA) is 131 Å². The van der Waals surface area contributed by atoms with Gasteiger partial charge in [0.1, 0.15) is 25.1 Å². The molecule has 0 radical (unpaired) electrons. The zero-order valence-electron chi connectivity index (χ0n) is 21.8. The average Bonchev–Trinajstić information content (AvgIpc) is 3.41. The van der Waals surface area contributed by atoms with E-state index in [1.165, 1.54) is 32.1 Å². The lowest BCUT2D eigenvalue weighted by Crippen LogP contribution is -2.36. The first-order chi connectivity index (χ1) is 17.9. The maximum atomic E-state index is 11.2. The highest BCUT2D eigenvalue weighted by atomic mass is 16.5. The number of aryl methyl sites for hydroxylation is 3. The monoisotopic (exact) mass is 508 g/mol. The maximum absolute atomic E-state index is 11.2. The molecule has 198 valence electrons. The van der Waals surface area contributed by atoms with Crippen molar-refractivity contribution in [2.24, 2.45) is 0 Å². The molecule has 0 spiro atoms. The van der Waals surface area contributed by atoms with Crippen molar-refractivity contribution in [1.29, 1.82) is 0 Å². The van der Waals surface area contributed by atoms with E-state index in [-0.39, 0.29) is 13.2 Å². The standard InChI is InChI=1S/C28H36N4O5/c1-4-19-12-21(10-17(2)26(19)36-16-23(34)14-29-25(35)15-33)27-31-28(37-32-27)22-11-18(3)30-24(13-22)20-8-6-5-7-9-20/h10-13,20,23,33-34H,4-9,14-16H2,1-3H3,(H,29,35)/t23-/m0/s1. The fourth-order valence-electron chi connectivity index (χ4n) is 4.85. The van der Waals surface area contributed by atoms with Gasteiger partial charge in [0.2, 0.25) is 11.7 Å². The number of hydrogen-bond donors (Lipinski definition) is 3. The number of pyridine rings is 1. The Labute approximate surface area is 217 Å². The van der Waals surface area contributed by atoms with Gasteiger partial charge in [0.25, 0.3) is 5.89 Å². The van der Waals surface area contributed by atoms with Crippen LogP contribution in [0.5, 0.6) is 5.75 Å². The third-order valence-corrected chi connectivity index (χ3v) is 6.76. The van der Waals surface area contributed by atoms with E-state index < -0.39 is 18.6 Å². The zero-order valence-corrected chi connectivity index (χ0v) is 21.8. The molecule has 0 bridgehead atoms. The number of hydrogen-bond acceptors (Lipinski definition) is 8. The molecule has 1 amide bonds. The molecule has 9 heteroatoms. The van der Waals surface area contributed by atoms with E-state index in [0.29, 0.717) is 29.8 Å². The summed E-state index contributed by atoms with van der Waals surface area (Å²) in [5.41, 5.74) is 5.60. The summed E-state index contributed by atoms with van der Waals surface area (Å²) >= 11 is 0. The number of carbonyl (C=O) groups excluding carboxylic acids is 1. The number of benzene rings is 1. The van der Waals surface area contributed by atoms with Gasteiger partial charge in [-0.1, -0.05) is 31.3 Å². The Morgan fingerprint density at radius 2 is 1.92 bits per heavy atom. The van der Waals surface area contributed by atoms with Gasteiger partial charge in [0, 0.05) is 35.0 Å². The summed E-state index contributed by atoms with van der Waals surface area (Å²) in [7, 11) is 0. The summed E-state index contributed by atoms with van der Waals surface area (Å²) in [5.74, 6) is 1.60. The minimum absolute atomic E-state index is 0.000556. The molecule has 2 aromatic heterocycles. The lowest BCUT2D eigenvalue weighted by Gasteiger charge is -2.21. The molecule has 1 fully saturated rings. The molecule has 0 aliphatic heterocycles. The van der Waals surface area contributed by atoms with Gasteiger partial charge >= 0.3 is 0 Å². The highest BCUT2D eigenvalue weighted by Crippen LogP contribution is 2.35. The van der Waals surface area contributed by atoms with Crippen LogP contribution in [0.25, 0.3) is 22.8 Å². The fourth-order valence-corrected chi connectivity index (χ4v) is 4.85. The van der Waals surface area contributed by atoms with Crippen molar-refractivity contribution in [3.63, 3.8) is 0 Å². The Morgan fingerprint density at radius 1 is 1.14 bits per heavy atom. The molecule has 1 saturated carbocycles.